The van der Waals surface area contributed by atoms with Crippen molar-refractivity contribution in [2.75, 3.05) is 11.9 Å². The summed E-state index contributed by atoms with van der Waals surface area (Å²) < 4.78 is 11.5. The lowest BCUT2D eigenvalue weighted by Gasteiger charge is -2.09. The number of amides is 1. The number of carbonyl (C=O) groups is 1. The maximum atomic E-state index is 12.8. The van der Waals surface area contributed by atoms with Crippen LogP contribution in [0.5, 0.6) is 5.75 Å². The highest BCUT2D eigenvalue weighted by Gasteiger charge is 2.15. The van der Waals surface area contributed by atoms with Gasteiger partial charge in [-0.1, -0.05) is 38.0 Å². The topological polar surface area (TPSA) is 123 Å². The first-order valence-electron chi connectivity index (χ1n) is 11.2. The molecule has 4 rings (SSSR count). The van der Waals surface area contributed by atoms with Gasteiger partial charge in [0.25, 0.3) is 5.91 Å². The number of allylic oxidation sites excluding steroid dienone is 1. The van der Waals surface area contributed by atoms with Gasteiger partial charge < -0.3 is 14.5 Å². The number of aromatic nitrogens is 4. The monoisotopic (exact) mass is 459 g/mol. The zero-order valence-corrected chi connectivity index (χ0v) is 18.8. The number of nitrogens with zero attached hydrogens (tertiary/aromatic N) is 3. The Kier molecular flexibility index (Phi) is 7.44. The Morgan fingerprint density at radius 3 is 2.76 bits per heavy atom. The number of fused-ring (bicyclic) bond motifs is 1. The van der Waals surface area contributed by atoms with Crippen LogP contribution in [-0.4, -0.2) is 33.1 Å². The molecule has 2 aromatic carbocycles. The number of tetrazole rings is 1. The van der Waals surface area contributed by atoms with Gasteiger partial charge in [0.2, 0.25) is 5.82 Å². The van der Waals surface area contributed by atoms with Gasteiger partial charge >= 0.3 is 0 Å². The molecule has 2 heterocycles. The van der Waals surface area contributed by atoms with E-state index < -0.39 is 0 Å². The molecule has 2 aromatic heterocycles. The SMILES string of the molecule is CCCCC/C=C/COc1ccc(C(=O)Nc2cccc3c(=O)cc(-c4nn[nH]n4)oc23)cc1. The fraction of sp³-hybridized carbons (Fsp3) is 0.240. The summed E-state index contributed by atoms with van der Waals surface area (Å²) in [6.45, 7) is 2.67. The summed E-state index contributed by atoms with van der Waals surface area (Å²) in [7, 11) is 0. The normalized spacial score (nSPS) is 11.2. The molecule has 0 atom stereocenters. The van der Waals surface area contributed by atoms with E-state index in [1.54, 1.807) is 42.5 Å². The van der Waals surface area contributed by atoms with E-state index in [1.165, 1.54) is 25.3 Å². The van der Waals surface area contributed by atoms with Crippen LogP contribution in [-0.2, 0) is 0 Å². The molecule has 0 radical (unpaired) electrons. The van der Waals surface area contributed by atoms with Gasteiger partial charge in [-0.2, -0.15) is 5.21 Å². The molecule has 2 N–H and O–H groups in total. The summed E-state index contributed by atoms with van der Waals surface area (Å²) in [6.07, 6.45) is 8.83. The lowest BCUT2D eigenvalue weighted by atomic mass is 10.1. The molecule has 174 valence electrons. The highest BCUT2D eigenvalue weighted by atomic mass is 16.5. The Bertz CT molecular complexity index is 1330. The van der Waals surface area contributed by atoms with Gasteiger partial charge in [0, 0.05) is 11.6 Å². The van der Waals surface area contributed by atoms with Gasteiger partial charge in [-0.25, -0.2) is 0 Å². The molecular weight excluding hydrogens is 434 g/mol. The Hall–Kier alpha value is -4.27. The van der Waals surface area contributed by atoms with Gasteiger partial charge in [0.1, 0.15) is 12.4 Å². The van der Waals surface area contributed by atoms with Crippen molar-refractivity contribution in [3.8, 4) is 17.3 Å². The van der Waals surface area contributed by atoms with E-state index in [1.807, 2.05) is 6.08 Å². The summed E-state index contributed by atoms with van der Waals surface area (Å²) in [5, 5.41) is 16.6. The van der Waals surface area contributed by atoms with Gasteiger partial charge in [0.05, 0.1) is 11.1 Å². The molecule has 0 saturated heterocycles. The summed E-state index contributed by atoms with van der Waals surface area (Å²) in [5.74, 6) is 0.624. The van der Waals surface area contributed by atoms with Crippen molar-refractivity contribution in [1.82, 2.24) is 20.6 Å². The van der Waals surface area contributed by atoms with E-state index in [9.17, 15) is 9.59 Å². The van der Waals surface area contributed by atoms with Crippen LogP contribution in [0, 0.1) is 0 Å². The maximum Gasteiger partial charge on any atom is 0.255 e. The third kappa shape index (κ3) is 5.55. The lowest BCUT2D eigenvalue weighted by Crippen LogP contribution is -2.13. The van der Waals surface area contributed by atoms with E-state index >= 15 is 0 Å². The van der Waals surface area contributed by atoms with Crippen LogP contribution in [0.1, 0.15) is 43.0 Å². The number of hydrogen-bond donors (Lipinski definition) is 2. The Balaban J connectivity index is 1.44. The number of para-hydroxylation sites is 1. The maximum absolute atomic E-state index is 12.8. The van der Waals surface area contributed by atoms with Crippen molar-refractivity contribution in [2.24, 2.45) is 0 Å². The number of unbranched alkanes of at least 4 members (excludes halogenated alkanes) is 3. The lowest BCUT2D eigenvalue weighted by molar-refractivity contribution is 0.102. The summed E-state index contributed by atoms with van der Waals surface area (Å²) in [5.41, 5.74) is 0.751. The Morgan fingerprint density at radius 1 is 1.15 bits per heavy atom. The molecule has 0 bridgehead atoms. The zero-order chi connectivity index (χ0) is 23.8. The summed E-state index contributed by atoms with van der Waals surface area (Å²) in [4.78, 5) is 25.4. The first-order valence-corrected chi connectivity index (χ1v) is 11.2. The van der Waals surface area contributed by atoms with Crippen molar-refractivity contribution in [3.05, 3.63) is 76.5 Å². The molecule has 0 spiro atoms. The van der Waals surface area contributed by atoms with Crippen molar-refractivity contribution < 1.29 is 13.9 Å². The minimum atomic E-state index is -0.345. The largest absolute Gasteiger partial charge is 0.490 e. The van der Waals surface area contributed by atoms with E-state index in [-0.39, 0.29) is 28.5 Å². The van der Waals surface area contributed by atoms with Crippen molar-refractivity contribution >= 4 is 22.6 Å². The number of rotatable bonds is 10. The van der Waals surface area contributed by atoms with Crippen LogP contribution in [0.4, 0.5) is 5.69 Å². The van der Waals surface area contributed by atoms with E-state index in [0.717, 1.165) is 6.42 Å². The van der Waals surface area contributed by atoms with Crippen molar-refractivity contribution in [3.63, 3.8) is 0 Å². The number of carbonyl (C=O) groups excluding carboxylic acids is 1. The molecule has 9 nitrogen and oxygen atoms in total. The van der Waals surface area contributed by atoms with Crippen LogP contribution in [0.25, 0.3) is 22.6 Å². The highest BCUT2D eigenvalue weighted by Crippen LogP contribution is 2.26. The van der Waals surface area contributed by atoms with Crippen LogP contribution in [0.3, 0.4) is 0 Å². The van der Waals surface area contributed by atoms with Gasteiger partial charge in [-0.15, -0.1) is 10.2 Å². The second-order valence-electron chi connectivity index (χ2n) is 7.65. The van der Waals surface area contributed by atoms with Crippen LogP contribution < -0.4 is 15.5 Å². The van der Waals surface area contributed by atoms with Crippen LogP contribution >= 0.6 is 0 Å². The number of anilines is 1. The van der Waals surface area contributed by atoms with E-state index in [0.29, 0.717) is 29.0 Å². The zero-order valence-electron chi connectivity index (χ0n) is 18.8. The molecular formula is C25H25N5O4. The number of benzene rings is 2. The van der Waals surface area contributed by atoms with E-state index in [2.05, 4.69) is 38.9 Å². The Morgan fingerprint density at radius 2 is 2.00 bits per heavy atom. The van der Waals surface area contributed by atoms with Crippen molar-refractivity contribution in [1.29, 1.82) is 0 Å². The second-order valence-corrected chi connectivity index (χ2v) is 7.65. The number of aromatic amines is 1. The molecule has 0 aliphatic heterocycles. The van der Waals surface area contributed by atoms with Gasteiger partial charge in [0.15, 0.2) is 16.8 Å². The predicted molar refractivity (Wildman–Crippen MR) is 129 cm³/mol. The second kappa shape index (κ2) is 11.0. The smallest absolute Gasteiger partial charge is 0.255 e. The fourth-order valence-corrected chi connectivity index (χ4v) is 3.39. The molecule has 0 saturated carbocycles. The number of nitrogens with one attached hydrogen (secondary N) is 2. The molecule has 1 amide bonds. The predicted octanol–water partition coefficient (Wildman–Crippen LogP) is 4.74. The molecule has 0 unspecified atom stereocenters. The summed E-state index contributed by atoms with van der Waals surface area (Å²) in [6, 6.07) is 13.1. The van der Waals surface area contributed by atoms with Gasteiger partial charge in [-0.05, 0) is 54.5 Å². The molecule has 0 aliphatic carbocycles. The third-order valence-corrected chi connectivity index (χ3v) is 5.17. The Labute approximate surface area is 195 Å². The molecule has 34 heavy (non-hydrogen) atoms. The standard InChI is InChI=1S/C25H25N5O4/c1-2-3-4-5-6-7-15-33-18-13-11-17(12-14-18)25(32)26-20-10-8-9-19-21(31)16-22(34-23(19)20)24-27-29-30-28-24/h6-14,16H,2-5,15H2,1H3,(H,26,32)(H,27,28,29,30)/b7-6+. The molecule has 9 heteroatoms. The minimum absolute atomic E-state index is 0.145. The van der Waals surface area contributed by atoms with E-state index in [4.69, 9.17) is 9.15 Å². The van der Waals surface area contributed by atoms with Crippen LogP contribution in [0.2, 0.25) is 0 Å². The first kappa shape index (κ1) is 22.9. The number of ether oxygens (including phenoxy) is 1. The molecule has 0 aliphatic rings. The fourth-order valence-electron chi connectivity index (χ4n) is 3.39. The third-order valence-electron chi connectivity index (χ3n) is 5.17. The van der Waals surface area contributed by atoms with Crippen molar-refractivity contribution in [2.45, 2.75) is 32.6 Å². The first-order chi connectivity index (χ1) is 16.7. The quantitative estimate of drug-likeness (QED) is 0.259. The minimum Gasteiger partial charge on any atom is -0.490 e. The average Bonchev–Trinajstić information content (AvgIpc) is 3.39. The number of hydrogen-bond acceptors (Lipinski definition) is 7. The highest BCUT2D eigenvalue weighted by molar-refractivity contribution is 6.08. The summed E-state index contributed by atoms with van der Waals surface area (Å²) >= 11 is 0. The molecule has 0 fully saturated rings. The number of H-pyrrole nitrogens is 1. The van der Waals surface area contributed by atoms with Crippen LogP contribution in [0.15, 0.2) is 69.9 Å². The van der Waals surface area contributed by atoms with Gasteiger partial charge in [-0.3, -0.25) is 9.59 Å². The average molecular weight is 460 g/mol. The molecule has 4 aromatic rings.